The van der Waals surface area contributed by atoms with E-state index in [4.69, 9.17) is 23.3 Å². The zero-order chi connectivity index (χ0) is 52.7. The van der Waals surface area contributed by atoms with Gasteiger partial charge in [0.2, 0.25) is 0 Å². The molecule has 0 aliphatic carbocycles. The molecule has 0 radical (unpaired) electrons. The molecule has 0 amide bonds. The Labute approximate surface area is 440 Å². The number of carbonyl (C=O) groups excluding carboxylic acids is 3. The molecule has 11 nitrogen and oxygen atoms in total. The van der Waals surface area contributed by atoms with Crippen molar-refractivity contribution in [1.82, 2.24) is 0 Å². The van der Waals surface area contributed by atoms with Crippen LogP contribution in [-0.2, 0) is 42.2 Å². The normalized spacial score (nSPS) is 13.8. The predicted molar refractivity (Wildman–Crippen MR) is 298 cm³/mol. The fraction of sp³-hybridized carbons (Fsp3) is 0.783. The van der Waals surface area contributed by atoms with Gasteiger partial charge in [0.05, 0.1) is 19.8 Å². The number of phosphoric acid groups is 1. The second-order valence-corrected chi connectivity index (χ2v) is 20.9. The van der Waals surface area contributed by atoms with Crippen molar-refractivity contribution in [3.05, 3.63) is 60.8 Å². The molecule has 12 heteroatoms. The van der Waals surface area contributed by atoms with Crippen molar-refractivity contribution in [2.24, 2.45) is 0 Å². The van der Waals surface area contributed by atoms with Crippen molar-refractivity contribution < 1.29 is 52.2 Å². The molecule has 0 aromatic rings. The highest BCUT2D eigenvalue weighted by atomic mass is 31.2. The molecule has 0 aromatic carbocycles. The van der Waals surface area contributed by atoms with Crippen molar-refractivity contribution >= 4 is 25.7 Å². The lowest BCUT2D eigenvalue weighted by molar-refractivity contribution is -0.161. The summed E-state index contributed by atoms with van der Waals surface area (Å²) in [5, 5.41) is 9.77. The van der Waals surface area contributed by atoms with Crippen LogP contribution in [-0.4, -0.2) is 66.5 Å². The molecule has 2 N–H and O–H groups in total. The number of esters is 3. The molecule has 0 saturated carbocycles. The summed E-state index contributed by atoms with van der Waals surface area (Å²) >= 11 is 0. The predicted octanol–water partition coefficient (Wildman–Crippen LogP) is 17.1. The Kier molecular flexibility index (Phi) is 52.3. The number of phosphoric ester groups is 1. The monoisotopic (exact) mass is 1030 g/mol. The minimum Gasteiger partial charge on any atom is -0.462 e. The van der Waals surface area contributed by atoms with Crippen LogP contribution in [0.5, 0.6) is 0 Å². The van der Waals surface area contributed by atoms with Crippen LogP contribution < -0.4 is 0 Å². The highest BCUT2D eigenvalue weighted by molar-refractivity contribution is 7.47. The lowest BCUT2D eigenvalue weighted by Gasteiger charge is -2.21. The topological polar surface area (TPSA) is 155 Å². The Morgan fingerprint density at radius 1 is 0.389 bits per heavy atom. The van der Waals surface area contributed by atoms with E-state index < -0.39 is 57.8 Å². The number of aliphatic hydroxyl groups excluding tert-OH is 1. The van der Waals surface area contributed by atoms with Gasteiger partial charge in [0.25, 0.3) is 0 Å². The van der Waals surface area contributed by atoms with E-state index in [1.54, 1.807) is 0 Å². The maximum Gasteiger partial charge on any atom is 0.472 e. The Balaban J connectivity index is 4.73. The van der Waals surface area contributed by atoms with Crippen LogP contribution >= 0.6 is 7.82 Å². The number of hydrogen-bond acceptors (Lipinski definition) is 10. The van der Waals surface area contributed by atoms with E-state index in [9.17, 15) is 28.9 Å². The van der Waals surface area contributed by atoms with Crippen molar-refractivity contribution in [3.8, 4) is 0 Å². The molecule has 0 heterocycles. The van der Waals surface area contributed by atoms with Crippen molar-refractivity contribution in [2.75, 3.05) is 26.4 Å². The van der Waals surface area contributed by atoms with Gasteiger partial charge in [-0.05, 0) is 89.9 Å². The van der Waals surface area contributed by atoms with Gasteiger partial charge in [-0.25, -0.2) is 4.57 Å². The smallest absolute Gasteiger partial charge is 0.462 e. The molecule has 0 aromatic heterocycles. The quantitative estimate of drug-likeness (QED) is 0.0197. The van der Waals surface area contributed by atoms with Gasteiger partial charge in [-0.2, -0.15) is 0 Å². The minimum absolute atomic E-state index is 0.156. The summed E-state index contributed by atoms with van der Waals surface area (Å²) in [6.07, 6.45) is 59.0. The third kappa shape index (κ3) is 52.1. The highest BCUT2D eigenvalue weighted by Gasteiger charge is 2.28. The molecule has 0 bridgehead atoms. The standard InChI is InChI=1S/C60H107O11P/c1-4-7-10-13-16-19-21-23-25-27-28-30-31-33-35-38-40-43-46-49-58(62)67-53-57(71-60(64)51-48-45-42-39-36-34-32-29-26-24-22-20-17-14-11-8-5-2)55-69-72(65,66)68-54-56(52-61)70-59(63)50-47-44-41-37-18-15-12-9-6-3/h16-17,19-20,23-26,28,30,56-57,61H,4-15,18,21-22,27,29,31-55H2,1-3H3,(H,65,66)/b19-16-,20-17-,25-23-,26-24-,30-28-. The van der Waals surface area contributed by atoms with Gasteiger partial charge in [0.1, 0.15) is 12.7 Å². The Morgan fingerprint density at radius 2 is 0.681 bits per heavy atom. The summed E-state index contributed by atoms with van der Waals surface area (Å²) in [5.41, 5.74) is 0. The van der Waals surface area contributed by atoms with Gasteiger partial charge in [-0.1, -0.05) is 216 Å². The Bertz CT molecular complexity index is 1440. The largest absolute Gasteiger partial charge is 0.472 e. The Hall–Kier alpha value is -2.82. The first-order chi connectivity index (χ1) is 35.2. The van der Waals surface area contributed by atoms with E-state index in [0.29, 0.717) is 19.3 Å². The summed E-state index contributed by atoms with van der Waals surface area (Å²) in [6, 6.07) is 0. The molecule has 0 aliphatic rings. The van der Waals surface area contributed by atoms with Crippen LogP contribution in [0, 0.1) is 0 Å². The molecule has 0 aliphatic heterocycles. The second kappa shape index (κ2) is 54.4. The Morgan fingerprint density at radius 3 is 1.07 bits per heavy atom. The number of ether oxygens (including phenoxy) is 3. The van der Waals surface area contributed by atoms with Crippen LogP contribution in [0.2, 0.25) is 0 Å². The lowest BCUT2D eigenvalue weighted by Crippen LogP contribution is -2.30. The molecule has 0 saturated heterocycles. The van der Waals surface area contributed by atoms with E-state index in [2.05, 4.69) is 81.5 Å². The zero-order valence-corrected chi connectivity index (χ0v) is 47.0. The molecule has 3 atom stereocenters. The van der Waals surface area contributed by atoms with Gasteiger partial charge in [0.15, 0.2) is 6.10 Å². The molecule has 0 fully saturated rings. The number of carbonyl (C=O) groups is 3. The van der Waals surface area contributed by atoms with E-state index >= 15 is 0 Å². The van der Waals surface area contributed by atoms with Crippen LogP contribution in [0.4, 0.5) is 0 Å². The maximum atomic E-state index is 12.9. The van der Waals surface area contributed by atoms with Gasteiger partial charge in [0, 0.05) is 19.3 Å². The molecule has 0 rings (SSSR count). The first-order valence-electron chi connectivity index (χ1n) is 29.2. The van der Waals surface area contributed by atoms with E-state index in [0.717, 1.165) is 109 Å². The van der Waals surface area contributed by atoms with Crippen LogP contribution in [0.1, 0.15) is 265 Å². The third-order valence-corrected chi connectivity index (χ3v) is 13.4. The summed E-state index contributed by atoms with van der Waals surface area (Å²) in [6.45, 7) is 4.56. The first-order valence-corrected chi connectivity index (χ1v) is 30.7. The average molecular weight is 1040 g/mol. The number of allylic oxidation sites excluding steroid dienone is 10. The van der Waals surface area contributed by atoms with Crippen LogP contribution in [0.3, 0.4) is 0 Å². The summed E-state index contributed by atoms with van der Waals surface area (Å²) in [5.74, 6) is -1.48. The van der Waals surface area contributed by atoms with Gasteiger partial charge in [-0.15, -0.1) is 0 Å². The number of hydrogen-bond donors (Lipinski definition) is 2. The first kappa shape index (κ1) is 69.2. The van der Waals surface area contributed by atoms with Gasteiger partial charge in [-0.3, -0.25) is 23.4 Å². The fourth-order valence-electron chi connectivity index (χ4n) is 7.92. The molecule has 72 heavy (non-hydrogen) atoms. The van der Waals surface area contributed by atoms with Gasteiger partial charge >= 0.3 is 25.7 Å². The van der Waals surface area contributed by atoms with E-state index in [1.165, 1.54) is 96.3 Å². The van der Waals surface area contributed by atoms with Crippen molar-refractivity contribution in [2.45, 2.75) is 277 Å². The molecule has 0 spiro atoms. The van der Waals surface area contributed by atoms with Crippen molar-refractivity contribution in [1.29, 1.82) is 0 Å². The van der Waals surface area contributed by atoms with Gasteiger partial charge < -0.3 is 24.2 Å². The third-order valence-electron chi connectivity index (χ3n) is 12.4. The molecular weight excluding hydrogens is 928 g/mol. The SMILES string of the molecule is CCCCC/C=C\C/C=C\C/C=C\CCCCCCCCC(=O)OCC(COP(=O)(O)OCC(CO)OC(=O)CCCCCCCCCCC)OC(=O)CCCCCCCCC/C=C\C/C=C\CCCCC. The van der Waals surface area contributed by atoms with E-state index in [1.807, 2.05) is 0 Å². The van der Waals surface area contributed by atoms with Crippen LogP contribution in [0.25, 0.3) is 0 Å². The number of aliphatic hydroxyl groups is 1. The molecule has 418 valence electrons. The summed E-state index contributed by atoms with van der Waals surface area (Å²) in [7, 11) is -4.75. The lowest BCUT2D eigenvalue weighted by atomic mass is 10.1. The number of rotatable bonds is 54. The summed E-state index contributed by atoms with van der Waals surface area (Å²) in [4.78, 5) is 48.5. The zero-order valence-electron chi connectivity index (χ0n) is 46.1. The average Bonchev–Trinajstić information content (AvgIpc) is 3.37. The molecular formula is C60H107O11P. The maximum absolute atomic E-state index is 12.9. The van der Waals surface area contributed by atoms with Crippen molar-refractivity contribution in [3.63, 3.8) is 0 Å². The van der Waals surface area contributed by atoms with Crippen LogP contribution in [0.15, 0.2) is 60.8 Å². The fourth-order valence-corrected chi connectivity index (χ4v) is 8.71. The highest BCUT2D eigenvalue weighted by Crippen LogP contribution is 2.43. The molecule has 3 unspecified atom stereocenters. The second-order valence-electron chi connectivity index (χ2n) is 19.5. The summed E-state index contributed by atoms with van der Waals surface area (Å²) < 4.78 is 39.5. The number of unbranched alkanes of at least 4 members (excludes halogenated alkanes) is 27. The minimum atomic E-state index is -4.75. The van der Waals surface area contributed by atoms with E-state index in [-0.39, 0.29) is 25.9 Å².